The van der Waals surface area contributed by atoms with Crippen LogP contribution in [-0.4, -0.2) is 42.6 Å². The third-order valence-corrected chi connectivity index (χ3v) is 5.01. The molecule has 3 N–H and O–H groups in total. The van der Waals surface area contributed by atoms with Crippen molar-refractivity contribution in [2.75, 3.05) is 25.4 Å². The van der Waals surface area contributed by atoms with Gasteiger partial charge < -0.3 is 15.8 Å². The second-order valence-electron chi connectivity index (χ2n) is 7.13. The largest absolute Gasteiger partial charge is 0.399 e. The maximum absolute atomic E-state index is 12.5. The van der Waals surface area contributed by atoms with E-state index in [-0.39, 0.29) is 18.1 Å². The highest BCUT2D eigenvalue weighted by Gasteiger charge is 2.28. The topological polar surface area (TPSA) is 67.6 Å². The maximum Gasteiger partial charge on any atom is 0.224 e. The fourth-order valence-corrected chi connectivity index (χ4v) is 3.50. The molecule has 0 spiro atoms. The molecule has 5 heteroatoms. The molecule has 1 amide bonds. The number of carbonyl (C=O) groups excluding carboxylic acids is 1. The van der Waals surface area contributed by atoms with Gasteiger partial charge in [0, 0.05) is 25.3 Å². The number of hydrogen-bond donors (Lipinski definition) is 2. The zero-order valence-corrected chi connectivity index (χ0v) is 15.9. The van der Waals surface area contributed by atoms with Gasteiger partial charge in [-0.2, -0.15) is 0 Å². The van der Waals surface area contributed by atoms with E-state index in [0.29, 0.717) is 18.7 Å². The predicted octanol–water partition coefficient (Wildman–Crippen LogP) is 2.61. The summed E-state index contributed by atoms with van der Waals surface area (Å²) < 4.78 is 5.99. The van der Waals surface area contributed by atoms with Crippen LogP contribution in [0.3, 0.4) is 0 Å². The number of nitrogens with two attached hydrogens (primary N) is 1. The summed E-state index contributed by atoms with van der Waals surface area (Å²) in [7, 11) is 0. The summed E-state index contributed by atoms with van der Waals surface area (Å²) in [6, 6.07) is 17.9. The van der Waals surface area contributed by atoms with Crippen LogP contribution < -0.4 is 11.1 Å². The molecule has 2 unspecified atom stereocenters. The van der Waals surface area contributed by atoms with Gasteiger partial charge >= 0.3 is 0 Å². The van der Waals surface area contributed by atoms with Crippen molar-refractivity contribution >= 4 is 11.6 Å². The summed E-state index contributed by atoms with van der Waals surface area (Å²) in [5, 5.41) is 3.16. The quantitative estimate of drug-likeness (QED) is 0.738. The average Bonchev–Trinajstić information content (AvgIpc) is 2.69. The van der Waals surface area contributed by atoms with Gasteiger partial charge in [0.2, 0.25) is 5.91 Å². The molecule has 0 aromatic heterocycles. The van der Waals surface area contributed by atoms with E-state index in [4.69, 9.17) is 10.5 Å². The molecule has 1 aliphatic heterocycles. The molecule has 1 aliphatic rings. The Hall–Kier alpha value is -2.37. The molecular weight excluding hydrogens is 338 g/mol. The molecular formula is C22H29N3O2. The summed E-state index contributed by atoms with van der Waals surface area (Å²) in [5.41, 5.74) is 8.68. The third kappa shape index (κ3) is 5.81. The Labute approximate surface area is 161 Å². The molecule has 144 valence electrons. The minimum absolute atomic E-state index is 0.0165. The maximum atomic E-state index is 12.5. The number of rotatable bonds is 7. The van der Waals surface area contributed by atoms with Crippen LogP contribution in [0, 0.1) is 0 Å². The second kappa shape index (κ2) is 9.53. The smallest absolute Gasteiger partial charge is 0.224 e. The predicted molar refractivity (Wildman–Crippen MR) is 108 cm³/mol. The van der Waals surface area contributed by atoms with Crippen LogP contribution in [0.25, 0.3) is 0 Å². The van der Waals surface area contributed by atoms with Gasteiger partial charge in [-0.05, 0) is 29.7 Å². The zero-order valence-electron chi connectivity index (χ0n) is 15.9. The number of hydrogen-bond acceptors (Lipinski definition) is 4. The highest BCUT2D eigenvalue weighted by atomic mass is 16.5. The number of anilines is 1. The van der Waals surface area contributed by atoms with Crippen LogP contribution in [0.2, 0.25) is 0 Å². The average molecular weight is 367 g/mol. The Morgan fingerprint density at radius 3 is 2.63 bits per heavy atom. The minimum Gasteiger partial charge on any atom is -0.399 e. The van der Waals surface area contributed by atoms with Crippen molar-refractivity contribution in [2.24, 2.45) is 0 Å². The van der Waals surface area contributed by atoms with Crippen molar-refractivity contribution in [3.63, 3.8) is 0 Å². The molecule has 0 aliphatic carbocycles. The highest BCUT2D eigenvalue weighted by molar-refractivity contribution is 5.79. The first-order chi connectivity index (χ1) is 13.1. The molecule has 27 heavy (non-hydrogen) atoms. The zero-order chi connectivity index (χ0) is 19.1. The van der Waals surface area contributed by atoms with Gasteiger partial charge in [-0.25, -0.2) is 0 Å². The van der Waals surface area contributed by atoms with E-state index in [1.165, 1.54) is 5.56 Å². The lowest BCUT2D eigenvalue weighted by Gasteiger charge is -2.37. The van der Waals surface area contributed by atoms with Gasteiger partial charge in [0.1, 0.15) is 0 Å². The minimum atomic E-state index is 0.0165. The van der Waals surface area contributed by atoms with Crippen molar-refractivity contribution < 1.29 is 9.53 Å². The van der Waals surface area contributed by atoms with Crippen LogP contribution in [0.4, 0.5) is 5.69 Å². The number of nitrogens with one attached hydrogen (secondary N) is 1. The summed E-state index contributed by atoms with van der Waals surface area (Å²) >= 11 is 0. The van der Waals surface area contributed by atoms with Gasteiger partial charge in [0.05, 0.1) is 25.2 Å². The van der Waals surface area contributed by atoms with Gasteiger partial charge in [-0.1, -0.05) is 49.4 Å². The molecule has 5 nitrogen and oxygen atoms in total. The summed E-state index contributed by atoms with van der Waals surface area (Å²) in [5.74, 6) is 0.0235. The molecule has 0 radical (unpaired) electrons. The van der Waals surface area contributed by atoms with E-state index < -0.39 is 0 Å². The number of morpholine rings is 1. The van der Waals surface area contributed by atoms with Crippen molar-refractivity contribution in [2.45, 2.75) is 38.5 Å². The number of ether oxygens (including phenoxy) is 1. The van der Waals surface area contributed by atoms with E-state index in [1.807, 2.05) is 30.3 Å². The molecule has 0 saturated carbocycles. The number of benzene rings is 2. The first-order valence-electron chi connectivity index (χ1n) is 9.65. The summed E-state index contributed by atoms with van der Waals surface area (Å²) in [6.45, 7) is 5.45. The molecule has 2 aromatic rings. The normalized spacial score (nSPS) is 18.8. The standard InChI is InChI=1S/C22H29N3O2/c1-2-20(24-22(26)14-17-8-10-19(23)11-9-17)21-16-25(12-13-27-21)15-18-6-4-3-5-7-18/h3-11,20-21H,2,12-16,23H2,1H3,(H,24,26). The molecule has 2 atom stereocenters. The van der Waals surface area contributed by atoms with E-state index in [0.717, 1.165) is 31.6 Å². The summed E-state index contributed by atoms with van der Waals surface area (Å²) in [4.78, 5) is 14.9. The van der Waals surface area contributed by atoms with E-state index in [1.54, 1.807) is 0 Å². The second-order valence-corrected chi connectivity index (χ2v) is 7.13. The first kappa shape index (κ1) is 19.4. The Kier molecular flexibility index (Phi) is 6.85. The first-order valence-corrected chi connectivity index (χ1v) is 9.65. The van der Waals surface area contributed by atoms with Crippen LogP contribution in [0.1, 0.15) is 24.5 Å². The molecule has 3 rings (SSSR count). The molecule has 0 bridgehead atoms. The SMILES string of the molecule is CCC(NC(=O)Cc1ccc(N)cc1)C1CN(Cc2ccccc2)CCO1. The summed E-state index contributed by atoms with van der Waals surface area (Å²) in [6.07, 6.45) is 1.22. The molecule has 1 fully saturated rings. The lowest BCUT2D eigenvalue weighted by Crippen LogP contribution is -2.53. The number of nitrogens with zero attached hydrogens (tertiary/aromatic N) is 1. The lowest BCUT2D eigenvalue weighted by atomic mass is 10.0. The lowest BCUT2D eigenvalue weighted by molar-refractivity contribution is -0.123. The van der Waals surface area contributed by atoms with E-state index in [2.05, 4.69) is 41.4 Å². The van der Waals surface area contributed by atoms with Crippen LogP contribution in [0.15, 0.2) is 54.6 Å². The van der Waals surface area contributed by atoms with Gasteiger partial charge in [0.15, 0.2) is 0 Å². The third-order valence-electron chi connectivity index (χ3n) is 5.01. The Balaban J connectivity index is 1.54. The highest BCUT2D eigenvalue weighted by Crippen LogP contribution is 2.15. The monoisotopic (exact) mass is 367 g/mol. The number of nitrogen functional groups attached to an aromatic ring is 1. The van der Waals surface area contributed by atoms with Crippen LogP contribution in [0.5, 0.6) is 0 Å². The molecule has 1 saturated heterocycles. The molecule has 2 aromatic carbocycles. The van der Waals surface area contributed by atoms with Crippen molar-refractivity contribution in [3.8, 4) is 0 Å². The Morgan fingerprint density at radius 1 is 1.19 bits per heavy atom. The fourth-order valence-electron chi connectivity index (χ4n) is 3.50. The van der Waals surface area contributed by atoms with Crippen molar-refractivity contribution in [1.29, 1.82) is 0 Å². The van der Waals surface area contributed by atoms with Crippen molar-refractivity contribution in [1.82, 2.24) is 10.2 Å². The van der Waals surface area contributed by atoms with Gasteiger partial charge in [0.25, 0.3) is 0 Å². The Morgan fingerprint density at radius 2 is 1.93 bits per heavy atom. The Bertz CT molecular complexity index is 718. The van der Waals surface area contributed by atoms with Gasteiger partial charge in [-0.15, -0.1) is 0 Å². The van der Waals surface area contributed by atoms with Gasteiger partial charge in [-0.3, -0.25) is 9.69 Å². The van der Waals surface area contributed by atoms with Crippen LogP contribution in [-0.2, 0) is 22.5 Å². The van der Waals surface area contributed by atoms with Crippen LogP contribution >= 0.6 is 0 Å². The molecule has 1 heterocycles. The van der Waals surface area contributed by atoms with E-state index in [9.17, 15) is 4.79 Å². The number of carbonyl (C=O) groups is 1. The van der Waals surface area contributed by atoms with E-state index >= 15 is 0 Å². The fraction of sp³-hybridized carbons (Fsp3) is 0.409. The van der Waals surface area contributed by atoms with Crippen molar-refractivity contribution in [3.05, 3.63) is 65.7 Å². The number of amides is 1.